The second kappa shape index (κ2) is 11.1. The molecule has 29 heavy (non-hydrogen) atoms. The fourth-order valence-electron chi connectivity index (χ4n) is 2.95. The maximum absolute atomic E-state index is 13.3. The van der Waals surface area contributed by atoms with Gasteiger partial charge in [-0.2, -0.15) is 13.2 Å². The molecule has 0 aliphatic carbocycles. The second-order valence-electron chi connectivity index (χ2n) is 6.95. The SMILES string of the molecule is O=C(O)CCCCCCCCCCOc1cc(C2(C(F)(F)F)N=N2)c(I)cc1I. The molecule has 1 aliphatic heterocycles. The average molecular weight is 638 g/mol. The van der Waals surface area contributed by atoms with Crippen molar-refractivity contribution in [1.29, 1.82) is 0 Å². The Kier molecular flexibility index (Phi) is 9.42. The molecule has 0 fully saturated rings. The van der Waals surface area contributed by atoms with Crippen LogP contribution in [0.5, 0.6) is 5.75 Å². The number of carboxylic acid groups (broad SMARTS) is 1. The Morgan fingerprint density at radius 1 is 0.966 bits per heavy atom. The van der Waals surface area contributed by atoms with Crippen molar-refractivity contribution in [2.24, 2.45) is 10.2 Å². The largest absolute Gasteiger partial charge is 0.492 e. The van der Waals surface area contributed by atoms with Crippen molar-refractivity contribution >= 4 is 51.2 Å². The van der Waals surface area contributed by atoms with Crippen molar-refractivity contribution in [1.82, 2.24) is 0 Å². The summed E-state index contributed by atoms with van der Waals surface area (Å²) in [5.74, 6) is -0.310. The molecule has 1 aliphatic rings. The van der Waals surface area contributed by atoms with Crippen LogP contribution < -0.4 is 4.74 Å². The van der Waals surface area contributed by atoms with Gasteiger partial charge < -0.3 is 9.84 Å². The zero-order valence-electron chi connectivity index (χ0n) is 15.8. The zero-order chi connectivity index (χ0) is 21.5. The lowest BCUT2D eigenvalue weighted by molar-refractivity contribution is -0.166. The molecule has 0 atom stereocenters. The summed E-state index contributed by atoms with van der Waals surface area (Å²) in [6.07, 6.45) is 3.47. The Hall–Kier alpha value is -0.660. The first kappa shape index (κ1) is 24.6. The number of rotatable bonds is 13. The molecule has 2 rings (SSSR count). The molecule has 162 valence electrons. The van der Waals surface area contributed by atoms with Gasteiger partial charge in [0.15, 0.2) is 0 Å². The predicted molar refractivity (Wildman–Crippen MR) is 119 cm³/mol. The highest BCUT2D eigenvalue weighted by Crippen LogP contribution is 2.54. The smallest absolute Gasteiger partial charge is 0.442 e. The minimum Gasteiger partial charge on any atom is -0.492 e. The third-order valence-corrected chi connectivity index (χ3v) is 6.37. The Bertz CT molecular complexity index is 736. The molecule has 5 nitrogen and oxygen atoms in total. The van der Waals surface area contributed by atoms with Crippen LogP contribution in [0.2, 0.25) is 0 Å². The molecule has 0 aromatic heterocycles. The van der Waals surface area contributed by atoms with E-state index in [1.807, 2.05) is 22.6 Å². The monoisotopic (exact) mass is 638 g/mol. The number of unbranched alkanes of at least 4 members (excludes halogenated alkanes) is 7. The van der Waals surface area contributed by atoms with Gasteiger partial charge in [-0.05, 0) is 70.2 Å². The van der Waals surface area contributed by atoms with Crippen molar-refractivity contribution < 1.29 is 27.8 Å². The Balaban J connectivity index is 1.70. The summed E-state index contributed by atoms with van der Waals surface area (Å²) in [6, 6.07) is 3.07. The maximum Gasteiger partial charge on any atom is 0.442 e. The molecular weight excluding hydrogens is 615 g/mol. The molecule has 0 radical (unpaired) electrons. The molecular formula is C19H23F3I2N2O3. The minimum absolute atomic E-state index is 0.0175. The van der Waals surface area contributed by atoms with E-state index in [9.17, 15) is 18.0 Å². The average Bonchev–Trinajstić information content (AvgIpc) is 3.42. The van der Waals surface area contributed by atoms with Crippen LogP contribution in [0, 0.1) is 7.14 Å². The number of aliphatic carboxylic acids is 1. The minimum atomic E-state index is -4.55. The number of halogens is 5. The molecule has 0 bridgehead atoms. The molecule has 0 saturated carbocycles. The quantitative estimate of drug-likeness (QED) is 0.186. The van der Waals surface area contributed by atoms with Crippen LogP contribution in [0.15, 0.2) is 22.4 Å². The van der Waals surface area contributed by atoms with Crippen LogP contribution in [0.4, 0.5) is 13.2 Å². The van der Waals surface area contributed by atoms with Gasteiger partial charge in [0, 0.05) is 15.6 Å². The molecule has 10 heteroatoms. The summed E-state index contributed by atoms with van der Waals surface area (Å²) < 4.78 is 46.8. The summed E-state index contributed by atoms with van der Waals surface area (Å²) in [5, 5.41) is 15.1. The number of nitrogens with zero attached hydrogens (tertiary/aromatic N) is 2. The zero-order valence-corrected chi connectivity index (χ0v) is 20.1. The summed E-state index contributed by atoms with van der Waals surface area (Å²) >= 11 is 3.93. The number of hydrogen-bond acceptors (Lipinski definition) is 4. The Labute approximate surface area is 195 Å². The van der Waals surface area contributed by atoms with Crippen molar-refractivity contribution in [2.45, 2.75) is 69.6 Å². The van der Waals surface area contributed by atoms with E-state index in [2.05, 4.69) is 32.8 Å². The molecule has 0 saturated heterocycles. The maximum atomic E-state index is 13.3. The van der Waals surface area contributed by atoms with E-state index in [0.717, 1.165) is 54.9 Å². The molecule has 1 N–H and O–H groups in total. The molecule has 0 spiro atoms. The number of ether oxygens (including phenoxy) is 1. The number of carboxylic acids is 1. The van der Waals surface area contributed by atoms with Crippen molar-refractivity contribution in [3.05, 3.63) is 24.8 Å². The van der Waals surface area contributed by atoms with E-state index in [1.165, 1.54) is 6.07 Å². The van der Waals surface area contributed by atoms with Gasteiger partial charge >= 0.3 is 17.8 Å². The highest BCUT2D eigenvalue weighted by Gasteiger charge is 2.66. The fourth-order valence-corrected chi connectivity index (χ4v) is 5.01. The summed E-state index contributed by atoms with van der Waals surface area (Å²) in [4.78, 5) is 10.4. The summed E-state index contributed by atoms with van der Waals surface area (Å²) in [5.41, 5.74) is -2.42. The number of hydrogen-bond donors (Lipinski definition) is 1. The summed E-state index contributed by atoms with van der Waals surface area (Å²) in [7, 11) is 0. The first-order valence-electron chi connectivity index (χ1n) is 9.52. The standard InChI is InChI=1S/C19H23F3I2N2O3/c20-19(21,22)18(25-26-18)13-11-16(15(24)12-14(13)23)29-10-8-6-4-2-1-3-5-7-9-17(27)28/h11-12H,1-10H2,(H,27,28). The van der Waals surface area contributed by atoms with Crippen molar-refractivity contribution in [3.8, 4) is 5.75 Å². The van der Waals surface area contributed by atoms with Crippen molar-refractivity contribution in [3.63, 3.8) is 0 Å². The highest BCUT2D eigenvalue weighted by atomic mass is 127. The van der Waals surface area contributed by atoms with E-state index >= 15 is 0 Å². The number of carbonyl (C=O) groups is 1. The number of alkyl halides is 3. The van der Waals surface area contributed by atoms with Gasteiger partial charge in [-0.25, -0.2) is 0 Å². The van der Waals surface area contributed by atoms with E-state index in [0.29, 0.717) is 15.9 Å². The Morgan fingerprint density at radius 2 is 1.52 bits per heavy atom. The normalized spacial score (nSPS) is 14.8. The first-order chi connectivity index (χ1) is 13.7. The fraction of sp³-hybridized carbons (Fsp3) is 0.632. The van der Waals surface area contributed by atoms with Crippen LogP contribution in [-0.4, -0.2) is 23.9 Å². The lowest BCUT2D eigenvalue weighted by Crippen LogP contribution is -2.31. The van der Waals surface area contributed by atoms with Crippen LogP contribution in [0.25, 0.3) is 0 Å². The van der Waals surface area contributed by atoms with E-state index < -0.39 is 17.8 Å². The molecule has 0 amide bonds. The lowest BCUT2D eigenvalue weighted by atomic mass is 10.0. The lowest BCUT2D eigenvalue weighted by Gasteiger charge is -2.18. The molecule has 0 unspecified atom stereocenters. The summed E-state index contributed by atoms with van der Waals surface area (Å²) in [6.45, 7) is 0.446. The molecule has 1 aromatic rings. The second-order valence-corrected chi connectivity index (χ2v) is 9.28. The van der Waals surface area contributed by atoms with E-state index in [-0.39, 0.29) is 12.0 Å². The molecule has 1 aromatic carbocycles. The van der Waals surface area contributed by atoms with Crippen LogP contribution in [0.1, 0.15) is 63.4 Å². The third-order valence-electron chi connectivity index (χ3n) is 4.63. The van der Waals surface area contributed by atoms with E-state index in [4.69, 9.17) is 9.84 Å². The van der Waals surface area contributed by atoms with Gasteiger partial charge in [-0.1, -0.05) is 38.5 Å². The van der Waals surface area contributed by atoms with Crippen LogP contribution in [-0.2, 0) is 10.5 Å². The Morgan fingerprint density at radius 3 is 2.03 bits per heavy atom. The van der Waals surface area contributed by atoms with E-state index in [1.54, 1.807) is 6.07 Å². The number of benzene rings is 1. The van der Waals surface area contributed by atoms with Crippen molar-refractivity contribution in [2.75, 3.05) is 6.61 Å². The predicted octanol–water partition coefficient (Wildman–Crippen LogP) is 7.05. The first-order valence-corrected chi connectivity index (χ1v) is 11.7. The third kappa shape index (κ3) is 7.21. The molecule has 1 heterocycles. The van der Waals surface area contributed by atoms with Crippen LogP contribution in [0.3, 0.4) is 0 Å². The van der Waals surface area contributed by atoms with Gasteiger partial charge in [0.2, 0.25) is 0 Å². The van der Waals surface area contributed by atoms with Crippen LogP contribution >= 0.6 is 45.2 Å². The van der Waals surface area contributed by atoms with Gasteiger partial charge in [0.05, 0.1) is 10.2 Å². The van der Waals surface area contributed by atoms with Gasteiger partial charge in [0.1, 0.15) is 5.75 Å². The van der Waals surface area contributed by atoms with Gasteiger partial charge in [-0.3, -0.25) is 4.79 Å². The topological polar surface area (TPSA) is 71.2 Å². The van der Waals surface area contributed by atoms with Gasteiger partial charge in [0.25, 0.3) is 0 Å². The van der Waals surface area contributed by atoms with Gasteiger partial charge in [-0.15, -0.1) is 10.2 Å². The highest BCUT2D eigenvalue weighted by molar-refractivity contribution is 14.1.